The molecule has 0 spiro atoms. The molecule has 0 unspecified atom stereocenters. The molecule has 28 heavy (non-hydrogen) atoms. The van der Waals surface area contributed by atoms with Crippen LogP contribution in [-0.2, 0) is 20.6 Å². The number of carbonyl (C=O) groups excluding carboxylic acids is 1. The smallest absolute Gasteiger partial charge is 0.236 e. The van der Waals surface area contributed by atoms with E-state index in [1.54, 1.807) is 47.4 Å². The lowest BCUT2D eigenvalue weighted by molar-refractivity contribution is -0.127. The summed E-state index contributed by atoms with van der Waals surface area (Å²) in [4.78, 5) is 14.7. The molecule has 0 aromatic heterocycles. The van der Waals surface area contributed by atoms with Crippen LogP contribution in [0.15, 0.2) is 48.5 Å². The summed E-state index contributed by atoms with van der Waals surface area (Å²) in [7, 11) is -3.58. The van der Waals surface area contributed by atoms with E-state index in [0.717, 1.165) is 6.42 Å². The number of nitrogens with zero attached hydrogens (tertiary/aromatic N) is 1. The third-order valence-electron chi connectivity index (χ3n) is 4.58. The Morgan fingerprint density at radius 1 is 1.14 bits per heavy atom. The van der Waals surface area contributed by atoms with Gasteiger partial charge in [0.2, 0.25) is 15.9 Å². The molecule has 0 saturated heterocycles. The van der Waals surface area contributed by atoms with Gasteiger partial charge in [-0.15, -0.1) is 0 Å². The Morgan fingerprint density at radius 3 is 2.54 bits per heavy atom. The normalized spacial score (nSPS) is 16.1. The number of sulfonamides is 1. The Kier molecular flexibility index (Phi) is 5.65. The van der Waals surface area contributed by atoms with Gasteiger partial charge in [-0.1, -0.05) is 37.3 Å². The SMILES string of the molecule is CCCN1C(=O)C(C)(C)COc2ccc(NS(=O)(=O)Cc3ccccc3)cc21. The van der Waals surface area contributed by atoms with E-state index in [-0.39, 0.29) is 18.3 Å². The first-order valence-corrected chi connectivity index (χ1v) is 11.0. The molecule has 0 saturated carbocycles. The van der Waals surface area contributed by atoms with Crippen LogP contribution < -0.4 is 14.4 Å². The molecule has 0 aliphatic carbocycles. The van der Waals surface area contributed by atoms with Crippen LogP contribution in [0.4, 0.5) is 11.4 Å². The van der Waals surface area contributed by atoms with Crippen LogP contribution in [0.25, 0.3) is 0 Å². The second kappa shape index (κ2) is 7.83. The number of rotatable bonds is 6. The van der Waals surface area contributed by atoms with E-state index in [1.807, 2.05) is 26.8 Å². The fraction of sp³-hybridized carbons (Fsp3) is 0.381. The van der Waals surface area contributed by atoms with Crippen molar-refractivity contribution in [1.29, 1.82) is 0 Å². The molecule has 2 aromatic carbocycles. The van der Waals surface area contributed by atoms with E-state index in [1.165, 1.54) is 0 Å². The zero-order chi connectivity index (χ0) is 20.4. The van der Waals surface area contributed by atoms with Crippen molar-refractivity contribution in [3.05, 3.63) is 54.1 Å². The van der Waals surface area contributed by atoms with E-state index in [2.05, 4.69) is 4.72 Å². The first-order valence-electron chi connectivity index (χ1n) is 9.35. The molecule has 7 heteroatoms. The van der Waals surface area contributed by atoms with Gasteiger partial charge in [0.05, 0.1) is 22.5 Å². The molecule has 0 bridgehead atoms. The van der Waals surface area contributed by atoms with Crippen LogP contribution in [0.5, 0.6) is 5.75 Å². The number of ether oxygens (including phenoxy) is 1. The van der Waals surface area contributed by atoms with Crippen LogP contribution in [0.1, 0.15) is 32.8 Å². The molecular weight excluding hydrogens is 376 g/mol. The highest BCUT2D eigenvalue weighted by Crippen LogP contribution is 2.38. The molecule has 1 N–H and O–H groups in total. The molecule has 1 aliphatic heterocycles. The van der Waals surface area contributed by atoms with Crippen molar-refractivity contribution < 1.29 is 17.9 Å². The van der Waals surface area contributed by atoms with Crippen molar-refractivity contribution in [3.63, 3.8) is 0 Å². The van der Waals surface area contributed by atoms with Crippen molar-refractivity contribution >= 4 is 27.3 Å². The van der Waals surface area contributed by atoms with Crippen LogP contribution in [0, 0.1) is 5.41 Å². The quantitative estimate of drug-likeness (QED) is 0.798. The van der Waals surface area contributed by atoms with Gasteiger partial charge in [-0.25, -0.2) is 8.42 Å². The summed E-state index contributed by atoms with van der Waals surface area (Å²) in [6.07, 6.45) is 0.783. The minimum Gasteiger partial charge on any atom is -0.490 e. The van der Waals surface area contributed by atoms with Gasteiger partial charge in [0, 0.05) is 6.54 Å². The molecule has 0 radical (unpaired) electrons. The Morgan fingerprint density at radius 2 is 1.86 bits per heavy atom. The second-order valence-electron chi connectivity index (χ2n) is 7.66. The number of hydrogen-bond acceptors (Lipinski definition) is 4. The molecule has 1 amide bonds. The maximum Gasteiger partial charge on any atom is 0.236 e. The molecule has 6 nitrogen and oxygen atoms in total. The molecule has 1 heterocycles. The van der Waals surface area contributed by atoms with E-state index < -0.39 is 15.4 Å². The topological polar surface area (TPSA) is 75.7 Å². The van der Waals surface area contributed by atoms with Gasteiger partial charge in [-0.05, 0) is 44.0 Å². The van der Waals surface area contributed by atoms with Gasteiger partial charge >= 0.3 is 0 Å². The van der Waals surface area contributed by atoms with E-state index >= 15 is 0 Å². The summed E-state index contributed by atoms with van der Waals surface area (Å²) in [5, 5.41) is 0. The molecule has 1 aliphatic rings. The lowest BCUT2D eigenvalue weighted by atomic mass is 9.93. The van der Waals surface area contributed by atoms with Gasteiger partial charge in [-0.2, -0.15) is 0 Å². The molecule has 0 fully saturated rings. The number of nitrogens with one attached hydrogen (secondary N) is 1. The molecule has 0 atom stereocenters. The first kappa shape index (κ1) is 20.2. The standard InChI is InChI=1S/C21H26N2O4S/c1-4-12-23-18-13-17(10-11-19(18)27-15-21(2,3)20(23)24)22-28(25,26)14-16-8-6-5-7-9-16/h5-11,13,22H,4,12,14-15H2,1-3H3. The van der Waals surface area contributed by atoms with Crippen molar-refractivity contribution in [1.82, 2.24) is 0 Å². The zero-order valence-electron chi connectivity index (χ0n) is 16.4. The fourth-order valence-electron chi connectivity index (χ4n) is 3.16. The van der Waals surface area contributed by atoms with Crippen LogP contribution in [-0.4, -0.2) is 27.5 Å². The molecule has 2 aromatic rings. The van der Waals surface area contributed by atoms with Gasteiger partial charge < -0.3 is 9.64 Å². The summed E-state index contributed by atoms with van der Waals surface area (Å²) in [5.41, 5.74) is 1.06. The average Bonchev–Trinajstić information content (AvgIpc) is 2.72. The van der Waals surface area contributed by atoms with Crippen molar-refractivity contribution in [2.75, 3.05) is 22.8 Å². The Labute approximate surface area is 166 Å². The van der Waals surface area contributed by atoms with E-state index in [4.69, 9.17) is 4.74 Å². The Balaban J connectivity index is 1.90. The maximum atomic E-state index is 13.0. The molecular formula is C21H26N2O4S. The highest BCUT2D eigenvalue weighted by Gasteiger charge is 2.37. The Hall–Kier alpha value is -2.54. The molecule has 3 rings (SSSR count). The Bertz CT molecular complexity index is 956. The number of anilines is 2. The summed E-state index contributed by atoms with van der Waals surface area (Å²) in [6.45, 7) is 6.52. The van der Waals surface area contributed by atoms with Crippen LogP contribution >= 0.6 is 0 Å². The number of benzene rings is 2. The van der Waals surface area contributed by atoms with Crippen LogP contribution in [0.3, 0.4) is 0 Å². The predicted octanol–water partition coefficient (Wildman–Crippen LogP) is 3.79. The van der Waals surface area contributed by atoms with Crippen molar-refractivity contribution in [2.24, 2.45) is 5.41 Å². The summed E-state index contributed by atoms with van der Waals surface area (Å²) >= 11 is 0. The number of fused-ring (bicyclic) bond motifs is 1. The minimum atomic E-state index is -3.58. The summed E-state index contributed by atoms with van der Waals surface area (Å²) in [6, 6.07) is 14.0. The molecule has 150 valence electrons. The predicted molar refractivity (Wildman–Crippen MR) is 111 cm³/mol. The van der Waals surface area contributed by atoms with E-state index in [9.17, 15) is 13.2 Å². The minimum absolute atomic E-state index is 0.0302. The van der Waals surface area contributed by atoms with E-state index in [0.29, 0.717) is 29.2 Å². The number of amides is 1. The van der Waals surface area contributed by atoms with Gasteiger partial charge in [0.1, 0.15) is 12.4 Å². The maximum absolute atomic E-state index is 13.0. The first-order chi connectivity index (χ1) is 13.2. The average molecular weight is 403 g/mol. The summed E-state index contributed by atoms with van der Waals surface area (Å²) in [5.74, 6) is 0.433. The zero-order valence-corrected chi connectivity index (χ0v) is 17.3. The van der Waals surface area contributed by atoms with Crippen molar-refractivity contribution in [2.45, 2.75) is 32.9 Å². The summed E-state index contributed by atoms with van der Waals surface area (Å²) < 4.78 is 33.6. The number of hydrogen-bond donors (Lipinski definition) is 1. The van der Waals surface area contributed by atoms with Gasteiger partial charge in [0.15, 0.2) is 0 Å². The monoisotopic (exact) mass is 402 g/mol. The largest absolute Gasteiger partial charge is 0.490 e. The third-order valence-corrected chi connectivity index (χ3v) is 5.84. The van der Waals surface area contributed by atoms with Crippen LogP contribution in [0.2, 0.25) is 0 Å². The highest BCUT2D eigenvalue weighted by atomic mass is 32.2. The van der Waals surface area contributed by atoms with Crippen molar-refractivity contribution in [3.8, 4) is 5.75 Å². The highest BCUT2D eigenvalue weighted by molar-refractivity contribution is 7.91. The second-order valence-corrected chi connectivity index (χ2v) is 9.38. The lowest BCUT2D eigenvalue weighted by Crippen LogP contribution is -2.42. The fourth-order valence-corrected chi connectivity index (χ4v) is 4.35. The third kappa shape index (κ3) is 4.47. The number of carbonyl (C=O) groups is 1. The van der Waals surface area contributed by atoms with Gasteiger partial charge in [-0.3, -0.25) is 9.52 Å². The van der Waals surface area contributed by atoms with Gasteiger partial charge in [0.25, 0.3) is 0 Å². The lowest BCUT2D eigenvalue weighted by Gasteiger charge is -2.28.